The maximum atomic E-state index is 12.5. The zero-order valence-electron chi connectivity index (χ0n) is 14.9. The molecular weight excluding hydrogens is 288 g/mol. The molecule has 0 saturated heterocycles. The third-order valence-corrected chi connectivity index (χ3v) is 8.95. The van der Waals surface area contributed by atoms with Crippen LogP contribution >= 0.6 is 0 Å². The molecule has 2 N–H and O–H groups in total. The Morgan fingerprint density at radius 3 is 2.48 bits per heavy atom. The van der Waals surface area contributed by atoms with Crippen LogP contribution in [0.4, 0.5) is 0 Å². The number of carbonyl (C=O) groups is 1. The Morgan fingerprint density at radius 2 is 1.78 bits per heavy atom. The Balaban J connectivity index is 1.73. The molecule has 0 aromatic carbocycles. The van der Waals surface area contributed by atoms with Gasteiger partial charge >= 0.3 is 0 Å². The molecule has 0 aromatic heterocycles. The lowest BCUT2D eigenvalue weighted by Crippen LogP contribution is -2.66. The Morgan fingerprint density at radius 1 is 1.09 bits per heavy atom. The Bertz CT molecular complexity index is 541. The maximum Gasteiger partial charge on any atom is 0.138 e. The summed E-state index contributed by atoms with van der Waals surface area (Å²) in [6.07, 6.45) is 8.09. The summed E-state index contributed by atoms with van der Waals surface area (Å²) < 4.78 is 0. The fourth-order valence-corrected chi connectivity index (χ4v) is 7.72. The molecule has 23 heavy (non-hydrogen) atoms. The van der Waals surface area contributed by atoms with Gasteiger partial charge in [-0.3, -0.25) is 4.79 Å². The van der Waals surface area contributed by atoms with Crippen molar-refractivity contribution in [3.05, 3.63) is 0 Å². The standard InChI is InChI=1S/C20H32O3/c1-17(2)14-5-9-19-8-4-13(20(23,11-19)12-21)10-15(19)18(14,3)7-6-16(17)22/h13-15,21,23H,4-12H2,1-3H3/t13-,14-,15+,18-,19+,20-/m1/s1. The number of rotatable bonds is 1. The summed E-state index contributed by atoms with van der Waals surface area (Å²) in [6, 6.07) is 0. The second-order valence-electron chi connectivity index (χ2n) is 10.1. The lowest BCUT2D eigenvalue weighted by molar-refractivity contribution is -0.240. The maximum absolute atomic E-state index is 12.5. The van der Waals surface area contributed by atoms with Crippen molar-refractivity contribution in [1.29, 1.82) is 0 Å². The highest BCUT2D eigenvalue weighted by molar-refractivity contribution is 5.85. The van der Waals surface area contributed by atoms with Crippen LogP contribution in [-0.2, 0) is 4.79 Å². The van der Waals surface area contributed by atoms with Gasteiger partial charge in [-0.25, -0.2) is 0 Å². The summed E-state index contributed by atoms with van der Waals surface area (Å²) in [6.45, 7) is 6.69. The number of ketones is 1. The molecule has 3 nitrogen and oxygen atoms in total. The number of fused-ring (bicyclic) bond motifs is 3. The smallest absolute Gasteiger partial charge is 0.138 e. The van der Waals surface area contributed by atoms with Crippen molar-refractivity contribution in [2.75, 3.05) is 6.61 Å². The van der Waals surface area contributed by atoms with Crippen molar-refractivity contribution in [3.63, 3.8) is 0 Å². The SMILES string of the molecule is CC1(C)C(=O)CC[C@]2(C)[C@@H]1CC[C@]13CC[C@H](C[C@H]12)[C@](O)(CO)C3. The molecular formula is C20H32O3. The predicted molar refractivity (Wildman–Crippen MR) is 88.8 cm³/mol. The Hall–Kier alpha value is -0.410. The van der Waals surface area contributed by atoms with E-state index in [4.69, 9.17) is 0 Å². The molecule has 0 radical (unpaired) electrons. The third-order valence-electron chi connectivity index (χ3n) is 8.95. The van der Waals surface area contributed by atoms with Crippen LogP contribution in [0.5, 0.6) is 0 Å². The van der Waals surface area contributed by atoms with Gasteiger partial charge in [0.15, 0.2) is 0 Å². The molecule has 5 fully saturated rings. The van der Waals surface area contributed by atoms with Gasteiger partial charge < -0.3 is 10.2 Å². The number of aliphatic hydroxyl groups excluding tert-OH is 1. The van der Waals surface area contributed by atoms with Gasteiger partial charge in [0, 0.05) is 11.8 Å². The highest BCUT2D eigenvalue weighted by Crippen LogP contribution is 2.72. The van der Waals surface area contributed by atoms with Crippen LogP contribution in [0.2, 0.25) is 0 Å². The van der Waals surface area contributed by atoms with E-state index in [1.807, 2.05) is 0 Å². The minimum atomic E-state index is -0.849. The van der Waals surface area contributed by atoms with Crippen LogP contribution in [-0.4, -0.2) is 28.2 Å². The van der Waals surface area contributed by atoms with Gasteiger partial charge in [-0.1, -0.05) is 20.8 Å². The van der Waals surface area contributed by atoms with Crippen molar-refractivity contribution < 1.29 is 15.0 Å². The van der Waals surface area contributed by atoms with E-state index in [1.165, 1.54) is 6.42 Å². The summed E-state index contributed by atoms with van der Waals surface area (Å²) in [5.41, 5.74) is -0.615. The van der Waals surface area contributed by atoms with Crippen molar-refractivity contribution in [1.82, 2.24) is 0 Å². The molecule has 6 atom stereocenters. The van der Waals surface area contributed by atoms with Gasteiger partial charge in [-0.05, 0) is 73.5 Å². The molecule has 2 bridgehead atoms. The molecule has 5 aliphatic rings. The van der Waals surface area contributed by atoms with E-state index in [1.54, 1.807) is 0 Å². The fraction of sp³-hybridized carbons (Fsp3) is 0.950. The Labute approximate surface area is 139 Å². The van der Waals surface area contributed by atoms with Crippen LogP contribution in [0.1, 0.15) is 72.1 Å². The first-order valence-corrected chi connectivity index (χ1v) is 9.55. The van der Waals surface area contributed by atoms with E-state index in [2.05, 4.69) is 20.8 Å². The van der Waals surface area contributed by atoms with Gasteiger partial charge in [0.1, 0.15) is 5.78 Å². The minimum Gasteiger partial charge on any atom is -0.393 e. The molecule has 0 aliphatic heterocycles. The van der Waals surface area contributed by atoms with Gasteiger partial charge in [0.05, 0.1) is 12.2 Å². The van der Waals surface area contributed by atoms with Crippen LogP contribution in [0.3, 0.4) is 0 Å². The molecule has 5 rings (SSSR count). The topological polar surface area (TPSA) is 57.5 Å². The van der Waals surface area contributed by atoms with Crippen molar-refractivity contribution in [2.45, 2.75) is 77.7 Å². The number of Topliss-reactive ketones (excluding diaryl/α,β-unsaturated/α-hetero) is 1. The first-order chi connectivity index (χ1) is 10.7. The average molecular weight is 320 g/mol. The van der Waals surface area contributed by atoms with Crippen LogP contribution < -0.4 is 0 Å². The van der Waals surface area contributed by atoms with E-state index in [9.17, 15) is 15.0 Å². The van der Waals surface area contributed by atoms with Gasteiger partial charge in [0.25, 0.3) is 0 Å². The first kappa shape index (κ1) is 16.1. The highest BCUT2D eigenvalue weighted by Gasteiger charge is 2.67. The summed E-state index contributed by atoms with van der Waals surface area (Å²) in [4.78, 5) is 12.5. The number of hydrogen-bond acceptors (Lipinski definition) is 3. The summed E-state index contributed by atoms with van der Waals surface area (Å²) in [7, 11) is 0. The van der Waals surface area contributed by atoms with Crippen LogP contribution in [0.15, 0.2) is 0 Å². The lowest BCUT2D eigenvalue weighted by atomic mass is 9.36. The third kappa shape index (κ3) is 1.87. The van der Waals surface area contributed by atoms with E-state index >= 15 is 0 Å². The molecule has 5 aliphatic carbocycles. The van der Waals surface area contributed by atoms with Gasteiger partial charge in [-0.2, -0.15) is 0 Å². The zero-order chi connectivity index (χ0) is 16.7. The highest BCUT2D eigenvalue weighted by atomic mass is 16.3. The molecule has 0 aromatic rings. The quantitative estimate of drug-likeness (QED) is 0.779. The summed E-state index contributed by atoms with van der Waals surface area (Å²) in [5.74, 6) is 1.79. The molecule has 3 heteroatoms. The average Bonchev–Trinajstić information content (AvgIpc) is 2.51. The summed E-state index contributed by atoms with van der Waals surface area (Å²) in [5, 5.41) is 20.7. The predicted octanol–water partition coefficient (Wildman–Crippen LogP) is 3.32. The Kier molecular flexibility index (Phi) is 3.22. The van der Waals surface area contributed by atoms with Gasteiger partial charge in [0.2, 0.25) is 0 Å². The molecule has 1 spiro atoms. The number of aliphatic hydroxyl groups is 2. The summed E-state index contributed by atoms with van der Waals surface area (Å²) >= 11 is 0. The monoisotopic (exact) mass is 320 g/mol. The van der Waals surface area contributed by atoms with Gasteiger partial charge in [-0.15, -0.1) is 0 Å². The van der Waals surface area contributed by atoms with E-state index in [-0.39, 0.29) is 28.8 Å². The van der Waals surface area contributed by atoms with E-state index in [0.717, 1.165) is 44.9 Å². The molecule has 0 amide bonds. The lowest BCUT2D eigenvalue weighted by Gasteiger charge is -2.69. The second kappa shape index (κ2) is 4.60. The number of carbonyl (C=O) groups excluding carboxylic acids is 1. The van der Waals surface area contributed by atoms with Crippen LogP contribution in [0, 0.1) is 34.0 Å². The normalized spacial score (nSPS) is 54.5. The molecule has 0 heterocycles. The molecule has 5 saturated carbocycles. The van der Waals surface area contributed by atoms with Crippen molar-refractivity contribution in [3.8, 4) is 0 Å². The number of hydrogen-bond donors (Lipinski definition) is 2. The minimum absolute atomic E-state index is 0.0870. The zero-order valence-corrected chi connectivity index (χ0v) is 14.9. The van der Waals surface area contributed by atoms with Crippen molar-refractivity contribution in [2.24, 2.45) is 34.0 Å². The fourth-order valence-electron chi connectivity index (χ4n) is 7.72. The van der Waals surface area contributed by atoms with E-state index < -0.39 is 5.60 Å². The van der Waals surface area contributed by atoms with E-state index in [0.29, 0.717) is 17.6 Å². The van der Waals surface area contributed by atoms with Crippen LogP contribution in [0.25, 0.3) is 0 Å². The second-order valence-corrected chi connectivity index (χ2v) is 10.1. The largest absolute Gasteiger partial charge is 0.393 e. The molecule has 130 valence electrons. The molecule has 0 unspecified atom stereocenters. The van der Waals surface area contributed by atoms with Crippen molar-refractivity contribution >= 4 is 5.78 Å². The first-order valence-electron chi connectivity index (χ1n) is 9.55.